The van der Waals surface area contributed by atoms with E-state index in [4.69, 9.17) is 4.74 Å². The second-order valence-electron chi connectivity index (χ2n) is 7.99. The molecule has 0 aromatic rings. The Morgan fingerprint density at radius 1 is 1.00 bits per heavy atom. The molecule has 146 valence electrons. The number of rotatable bonds is 16. The molecule has 1 aliphatic rings. The van der Waals surface area contributed by atoms with E-state index in [1.54, 1.807) is 0 Å². The monoisotopic (exact) mass is 366 g/mol. The SMILES string of the molecule is C=C(CC(CCC)CC(CC)CCC)CC(CCC)OCC1C=CP1. The van der Waals surface area contributed by atoms with Crippen LogP contribution in [0.1, 0.15) is 91.9 Å². The molecule has 25 heavy (non-hydrogen) atoms. The van der Waals surface area contributed by atoms with Gasteiger partial charge in [0.15, 0.2) is 0 Å². The van der Waals surface area contributed by atoms with Gasteiger partial charge in [-0.1, -0.05) is 98.8 Å². The molecule has 0 aromatic carbocycles. The van der Waals surface area contributed by atoms with Crippen LogP contribution >= 0.6 is 8.58 Å². The van der Waals surface area contributed by atoms with Crippen molar-refractivity contribution in [2.24, 2.45) is 11.8 Å². The summed E-state index contributed by atoms with van der Waals surface area (Å²) in [6, 6.07) is 0. The van der Waals surface area contributed by atoms with Gasteiger partial charge in [0.25, 0.3) is 0 Å². The van der Waals surface area contributed by atoms with E-state index < -0.39 is 0 Å². The van der Waals surface area contributed by atoms with Gasteiger partial charge < -0.3 is 4.74 Å². The standard InChI is InChI=1S/C23H43OP/c1-6-10-20(9-4)17-21(11-7-2)15-19(5)16-22(12-8-3)24-18-23-13-14-25-23/h13-14,20-23,25H,5-12,15-18H2,1-4H3. The Kier molecular flexibility index (Phi) is 12.8. The fourth-order valence-electron chi connectivity index (χ4n) is 4.04. The van der Waals surface area contributed by atoms with Crippen LogP contribution in [0.25, 0.3) is 0 Å². The van der Waals surface area contributed by atoms with Gasteiger partial charge in [-0.3, -0.25) is 0 Å². The van der Waals surface area contributed by atoms with Crippen molar-refractivity contribution in [1.29, 1.82) is 0 Å². The van der Waals surface area contributed by atoms with Crippen LogP contribution in [0.15, 0.2) is 24.0 Å². The van der Waals surface area contributed by atoms with Gasteiger partial charge in [-0.05, 0) is 37.5 Å². The van der Waals surface area contributed by atoms with Crippen LogP contribution in [-0.2, 0) is 4.74 Å². The highest BCUT2D eigenvalue weighted by molar-refractivity contribution is 7.44. The molecule has 0 saturated carbocycles. The van der Waals surface area contributed by atoms with Crippen molar-refractivity contribution < 1.29 is 4.74 Å². The lowest BCUT2D eigenvalue weighted by molar-refractivity contribution is 0.0508. The highest BCUT2D eigenvalue weighted by atomic mass is 31.1. The third-order valence-corrected chi connectivity index (χ3v) is 6.66. The van der Waals surface area contributed by atoms with Crippen LogP contribution in [0, 0.1) is 11.8 Å². The second-order valence-corrected chi connectivity index (χ2v) is 9.40. The molecule has 2 heteroatoms. The minimum Gasteiger partial charge on any atom is -0.377 e. The van der Waals surface area contributed by atoms with E-state index in [0.29, 0.717) is 11.8 Å². The first-order chi connectivity index (χ1) is 12.1. The highest BCUT2D eigenvalue weighted by Crippen LogP contribution is 2.33. The largest absolute Gasteiger partial charge is 0.377 e. The van der Waals surface area contributed by atoms with Crippen molar-refractivity contribution in [3.8, 4) is 0 Å². The summed E-state index contributed by atoms with van der Waals surface area (Å²) < 4.78 is 6.23. The molecule has 0 bridgehead atoms. The maximum absolute atomic E-state index is 6.23. The predicted octanol–water partition coefficient (Wildman–Crippen LogP) is 7.72. The van der Waals surface area contributed by atoms with Crippen molar-refractivity contribution in [2.75, 3.05) is 6.61 Å². The smallest absolute Gasteiger partial charge is 0.0612 e. The molecule has 0 amide bonds. The van der Waals surface area contributed by atoms with Gasteiger partial charge in [0.05, 0.1) is 12.7 Å². The average Bonchev–Trinajstić information content (AvgIpc) is 2.53. The van der Waals surface area contributed by atoms with Gasteiger partial charge in [0.2, 0.25) is 0 Å². The second kappa shape index (κ2) is 14.0. The topological polar surface area (TPSA) is 9.23 Å². The maximum Gasteiger partial charge on any atom is 0.0612 e. The number of hydrogen-bond donors (Lipinski definition) is 0. The molecular weight excluding hydrogens is 323 g/mol. The van der Waals surface area contributed by atoms with E-state index in [1.807, 2.05) is 0 Å². The third-order valence-electron chi connectivity index (χ3n) is 5.49. The highest BCUT2D eigenvalue weighted by Gasteiger charge is 2.19. The number of ether oxygens (including phenoxy) is 1. The summed E-state index contributed by atoms with van der Waals surface area (Å²) in [5, 5.41) is 0. The Bertz CT molecular complexity index is 376. The molecule has 0 saturated heterocycles. The lowest BCUT2D eigenvalue weighted by Crippen LogP contribution is -2.21. The van der Waals surface area contributed by atoms with Gasteiger partial charge in [-0.2, -0.15) is 0 Å². The van der Waals surface area contributed by atoms with Crippen LogP contribution < -0.4 is 0 Å². The summed E-state index contributed by atoms with van der Waals surface area (Å²) in [7, 11) is 0.974. The summed E-state index contributed by atoms with van der Waals surface area (Å²) in [5.74, 6) is 4.01. The Hall–Kier alpha value is -0.130. The van der Waals surface area contributed by atoms with Crippen LogP contribution in [0.4, 0.5) is 0 Å². The van der Waals surface area contributed by atoms with Gasteiger partial charge in [0.1, 0.15) is 0 Å². The normalized spacial score (nSPS) is 21.0. The summed E-state index contributed by atoms with van der Waals surface area (Å²) in [6.45, 7) is 14.6. The molecule has 0 N–H and O–H groups in total. The molecule has 1 nitrogen and oxygen atoms in total. The Balaban J connectivity index is 2.44. The minimum atomic E-state index is 0.385. The quantitative estimate of drug-likeness (QED) is 0.201. The first-order valence-electron chi connectivity index (χ1n) is 10.8. The minimum absolute atomic E-state index is 0.385. The molecule has 0 aromatic heterocycles. The maximum atomic E-state index is 6.23. The first kappa shape index (κ1) is 22.9. The fraction of sp³-hybridized carbons (Fsp3) is 0.826. The summed E-state index contributed by atoms with van der Waals surface area (Å²) in [4.78, 5) is 0. The van der Waals surface area contributed by atoms with Gasteiger partial charge >= 0.3 is 0 Å². The van der Waals surface area contributed by atoms with Crippen molar-refractivity contribution >= 4 is 8.58 Å². The lowest BCUT2D eigenvalue weighted by Gasteiger charge is -2.26. The van der Waals surface area contributed by atoms with Crippen LogP contribution in [0.2, 0.25) is 0 Å². The van der Waals surface area contributed by atoms with E-state index in [9.17, 15) is 0 Å². The molecule has 0 fully saturated rings. The summed E-state index contributed by atoms with van der Waals surface area (Å²) in [5.41, 5.74) is 2.12. The molecule has 5 unspecified atom stereocenters. The molecule has 0 spiro atoms. The number of hydrogen-bond acceptors (Lipinski definition) is 1. The zero-order valence-corrected chi connectivity index (χ0v) is 18.4. The lowest BCUT2D eigenvalue weighted by atomic mass is 9.83. The van der Waals surface area contributed by atoms with Gasteiger partial charge in [-0.15, -0.1) is 0 Å². The van der Waals surface area contributed by atoms with Crippen LogP contribution in [0.5, 0.6) is 0 Å². The van der Waals surface area contributed by atoms with Gasteiger partial charge in [-0.25, -0.2) is 0 Å². The average molecular weight is 367 g/mol. The zero-order valence-electron chi connectivity index (χ0n) is 17.4. The Morgan fingerprint density at radius 3 is 2.16 bits per heavy atom. The third kappa shape index (κ3) is 9.95. The van der Waals surface area contributed by atoms with E-state index in [2.05, 4.69) is 46.2 Å². The molecule has 1 heterocycles. The fourth-order valence-corrected chi connectivity index (χ4v) is 4.69. The van der Waals surface area contributed by atoms with E-state index >= 15 is 0 Å². The van der Waals surface area contributed by atoms with E-state index in [1.165, 1.54) is 63.4 Å². The van der Waals surface area contributed by atoms with E-state index in [0.717, 1.165) is 33.4 Å². The molecule has 5 atom stereocenters. The van der Waals surface area contributed by atoms with Crippen molar-refractivity contribution in [1.82, 2.24) is 0 Å². The van der Waals surface area contributed by atoms with Gasteiger partial charge in [0, 0.05) is 5.66 Å². The predicted molar refractivity (Wildman–Crippen MR) is 116 cm³/mol. The van der Waals surface area contributed by atoms with Crippen molar-refractivity contribution in [2.45, 2.75) is 104 Å². The molecule has 0 aliphatic carbocycles. The van der Waals surface area contributed by atoms with Crippen molar-refractivity contribution in [3.63, 3.8) is 0 Å². The first-order valence-corrected chi connectivity index (χ1v) is 12.0. The summed E-state index contributed by atoms with van der Waals surface area (Å²) in [6.07, 6.45) is 15.4. The van der Waals surface area contributed by atoms with E-state index in [-0.39, 0.29) is 0 Å². The Morgan fingerprint density at radius 2 is 1.64 bits per heavy atom. The zero-order chi connectivity index (χ0) is 18.5. The van der Waals surface area contributed by atoms with Crippen molar-refractivity contribution in [3.05, 3.63) is 24.0 Å². The van der Waals surface area contributed by atoms with Crippen LogP contribution in [-0.4, -0.2) is 18.4 Å². The van der Waals surface area contributed by atoms with Crippen LogP contribution in [0.3, 0.4) is 0 Å². The Labute approximate surface area is 159 Å². The molecule has 0 radical (unpaired) electrons. The summed E-state index contributed by atoms with van der Waals surface area (Å²) >= 11 is 0. The molecule has 1 rings (SSSR count). The molecular formula is C23H43OP. The molecule has 1 aliphatic heterocycles.